The van der Waals surface area contributed by atoms with E-state index in [1.54, 1.807) is 11.0 Å². The van der Waals surface area contributed by atoms with Crippen LogP contribution in [-0.4, -0.2) is 26.3 Å². The van der Waals surface area contributed by atoms with Crippen molar-refractivity contribution >= 4 is 34.1 Å². The van der Waals surface area contributed by atoms with Crippen molar-refractivity contribution in [3.63, 3.8) is 0 Å². The van der Waals surface area contributed by atoms with E-state index in [1.807, 2.05) is 25.4 Å². The fourth-order valence-corrected chi connectivity index (χ4v) is 2.90. The van der Waals surface area contributed by atoms with E-state index in [0.29, 0.717) is 0 Å². The second-order valence-corrected chi connectivity index (χ2v) is 5.31. The first-order chi connectivity index (χ1) is 9.74. The number of aromatic nitrogens is 4. The van der Waals surface area contributed by atoms with Gasteiger partial charge in [0.1, 0.15) is 12.1 Å². The summed E-state index contributed by atoms with van der Waals surface area (Å²) in [4.78, 5) is 10.9. The molecular weight excluding hydrogens is 274 g/mol. The fourth-order valence-electron chi connectivity index (χ4n) is 2.74. The first kappa shape index (κ1) is 11.7. The van der Waals surface area contributed by atoms with Gasteiger partial charge in [-0.3, -0.25) is 4.68 Å². The standard InChI is InChI=1S/C14H12ClN5/c1-19-13-11(7-18-19)14(17-8-16-13)20-5-4-9-2-3-10(15)6-12(9)20/h2-3,6-8H,4-5H2,1H3. The number of hydrogen-bond acceptors (Lipinski definition) is 4. The Kier molecular flexibility index (Phi) is 2.44. The molecule has 0 bridgehead atoms. The van der Waals surface area contributed by atoms with Crippen molar-refractivity contribution in [2.24, 2.45) is 7.05 Å². The molecule has 1 aliphatic heterocycles. The maximum atomic E-state index is 6.12. The topological polar surface area (TPSA) is 46.8 Å². The Hall–Kier alpha value is -2.14. The van der Waals surface area contributed by atoms with Gasteiger partial charge in [-0.25, -0.2) is 9.97 Å². The monoisotopic (exact) mass is 285 g/mol. The number of aryl methyl sites for hydroxylation is 1. The third-order valence-electron chi connectivity index (χ3n) is 3.71. The average molecular weight is 286 g/mol. The minimum atomic E-state index is 0.743. The van der Waals surface area contributed by atoms with Gasteiger partial charge in [0.15, 0.2) is 5.65 Å². The van der Waals surface area contributed by atoms with E-state index >= 15 is 0 Å². The molecule has 4 rings (SSSR count). The molecule has 0 unspecified atom stereocenters. The molecule has 100 valence electrons. The summed E-state index contributed by atoms with van der Waals surface area (Å²) in [5, 5.41) is 5.97. The van der Waals surface area contributed by atoms with Crippen LogP contribution in [0, 0.1) is 0 Å². The van der Waals surface area contributed by atoms with E-state index < -0.39 is 0 Å². The SMILES string of the molecule is Cn1ncc2c(N3CCc4ccc(Cl)cc43)ncnc21. The van der Waals surface area contributed by atoms with Crippen LogP contribution in [0.5, 0.6) is 0 Å². The molecule has 0 saturated carbocycles. The van der Waals surface area contributed by atoms with E-state index in [0.717, 1.165) is 40.5 Å². The first-order valence-corrected chi connectivity index (χ1v) is 6.80. The summed E-state index contributed by atoms with van der Waals surface area (Å²) in [5.74, 6) is 0.893. The van der Waals surface area contributed by atoms with Gasteiger partial charge in [-0.2, -0.15) is 5.10 Å². The van der Waals surface area contributed by atoms with E-state index in [1.165, 1.54) is 5.56 Å². The van der Waals surface area contributed by atoms with Crippen LogP contribution in [0.25, 0.3) is 11.0 Å². The summed E-state index contributed by atoms with van der Waals surface area (Å²) in [6, 6.07) is 6.01. The zero-order chi connectivity index (χ0) is 13.7. The van der Waals surface area contributed by atoms with Gasteiger partial charge in [-0.15, -0.1) is 0 Å². The maximum Gasteiger partial charge on any atom is 0.163 e. The van der Waals surface area contributed by atoms with Gasteiger partial charge in [0.25, 0.3) is 0 Å². The summed E-state index contributed by atoms with van der Waals surface area (Å²) in [6.45, 7) is 0.899. The number of rotatable bonds is 1. The highest BCUT2D eigenvalue weighted by Crippen LogP contribution is 2.37. The minimum Gasteiger partial charge on any atom is -0.325 e. The number of halogens is 1. The summed E-state index contributed by atoms with van der Waals surface area (Å²) < 4.78 is 1.76. The van der Waals surface area contributed by atoms with Crippen LogP contribution >= 0.6 is 11.6 Å². The van der Waals surface area contributed by atoms with Crippen molar-refractivity contribution in [1.82, 2.24) is 19.7 Å². The van der Waals surface area contributed by atoms with Crippen LogP contribution in [0.4, 0.5) is 11.5 Å². The van der Waals surface area contributed by atoms with Crippen molar-refractivity contribution in [3.8, 4) is 0 Å². The molecule has 0 amide bonds. The Labute approximate surface area is 120 Å². The van der Waals surface area contributed by atoms with Crippen LogP contribution in [0.1, 0.15) is 5.56 Å². The molecule has 2 aromatic heterocycles. The van der Waals surface area contributed by atoms with E-state index in [4.69, 9.17) is 11.6 Å². The molecule has 0 N–H and O–H groups in total. The van der Waals surface area contributed by atoms with Crippen molar-refractivity contribution in [2.45, 2.75) is 6.42 Å². The van der Waals surface area contributed by atoms with Crippen molar-refractivity contribution in [3.05, 3.63) is 41.3 Å². The Morgan fingerprint density at radius 1 is 1.25 bits per heavy atom. The molecule has 3 heterocycles. The third kappa shape index (κ3) is 1.59. The fraction of sp³-hybridized carbons (Fsp3) is 0.214. The van der Waals surface area contributed by atoms with Crippen LogP contribution in [-0.2, 0) is 13.5 Å². The normalized spacial score (nSPS) is 14.0. The van der Waals surface area contributed by atoms with Crippen LogP contribution < -0.4 is 4.90 Å². The quantitative estimate of drug-likeness (QED) is 0.690. The number of anilines is 2. The predicted molar refractivity (Wildman–Crippen MR) is 78.5 cm³/mol. The lowest BCUT2D eigenvalue weighted by molar-refractivity contribution is 0.785. The minimum absolute atomic E-state index is 0.743. The van der Waals surface area contributed by atoms with Gasteiger partial charge in [0, 0.05) is 24.3 Å². The number of benzene rings is 1. The lowest BCUT2D eigenvalue weighted by Crippen LogP contribution is -2.15. The Morgan fingerprint density at radius 3 is 3.05 bits per heavy atom. The zero-order valence-corrected chi connectivity index (χ0v) is 11.7. The molecular formula is C14H12ClN5. The zero-order valence-electron chi connectivity index (χ0n) is 10.9. The molecule has 1 aliphatic rings. The number of nitrogens with zero attached hydrogens (tertiary/aromatic N) is 5. The summed E-state index contributed by atoms with van der Waals surface area (Å²) in [6.07, 6.45) is 4.40. The highest BCUT2D eigenvalue weighted by molar-refractivity contribution is 6.31. The molecule has 0 atom stereocenters. The summed E-state index contributed by atoms with van der Waals surface area (Å²) in [7, 11) is 1.88. The van der Waals surface area contributed by atoms with Gasteiger partial charge in [0.2, 0.25) is 0 Å². The smallest absolute Gasteiger partial charge is 0.163 e. The Balaban J connectivity index is 1.92. The van der Waals surface area contributed by atoms with Gasteiger partial charge in [-0.1, -0.05) is 17.7 Å². The maximum absolute atomic E-state index is 6.12. The van der Waals surface area contributed by atoms with Gasteiger partial charge >= 0.3 is 0 Å². The Morgan fingerprint density at radius 2 is 2.15 bits per heavy atom. The third-order valence-corrected chi connectivity index (χ3v) is 3.94. The lowest BCUT2D eigenvalue weighted by Gasteiger charge is -2.18. The highest BCUT2D eigenvalue weighted by Gasteiger charge is 2.24. The van der Waals surface area contributed by atoms with Gasteiger partial charge < -0.3 is 4.90 Å². The molecule has 3 aromatic rings. The molecule has 0 fully saturated rings. The van der Waals surface area contributed by atoms with E-state index in [2.05, 4.69) is 26.0 Å². The van der Waals surface area contributed by atoms with Crippen molar-refractivity contribution in [1.29, 1.82) is 0 Å². The molecule has 6 heteroatoms. The molecule has 0 aliphatic carbocycles. The predicted octanol–water partition coefficient (Wildman–Crippen LogP) is 2.71. The Bertz CT molecular complexity index is 810. The number of hydrogen-bond donors (Lipinski definition) is 0. The first-order valence-electron chi connectivity index (χ1n) is 6.43. The largest absolute Gasteiger partial charge is 0.325 e. The van der Waals surface area contributed by atoms with E-state index in [9.17, 15) is 0 Å². The molecule has 5 nitrogen and oxygen atoms in total. The molecule has 0 radical (unpaired) electrons. The number of fused-ring (bicyclic) bond motifs is 2. The van der Waals surface area contributed by atoms with Crippen molar-refractivity contribution < 1.29 is 0 Å². The molecule has 1 aromatic carbocycles. The molecule has 0 saturated heterocycles. The molecule has 0 spiro atoms. The van der Waals surface area contributed by atoms with Crippen LogP contribution in [0.3, 0.4) is 0 Å². The van der Waals surface area contributed by atoms with Gasteiger partial charge in [-0.05, 0) is 24.1 Å². The molecule has 20 heavy (non-hydrogen) atoms. The van der Waals surface area contributed by atoms with Crippen LogP contribution in [0.2, 0.25) is 5.02 Å². The van der Waals surface area contributed by atoms with Crippen molar-refractivity contribution in [2.75, 3.05) is 11.4 Å². The second-order valence-electron chi connectivity index (χ2n) is 4.88. The lowest BCUT2D eigenvalue weighted by atomic mass is 10.2. The highest BCUT2D eigenvalue weighted by atomic mass is 35.5. The van der Waals surface area contributed by atoms with Crippen LogP contribution in [0.15, 0.2) is 30.7 Å². The average Bonchev–Trinajstić information content (AvgIpc) is 3.03. The second kappa shape index (κ2) is 4.18. The van der Waals surface area contributed by atoms with E-state index in [-0.39, 0.29) is 0 Å². The summed E-state index contributed by atoms with van der Waals surface area (Å²) in [5.41, 5.74) is 3.26. The van der Waals surface area contributed by atoms with Gasteiger partial charge in [0.05, 0.1) is 11.6 Å². The summed E-state index contributed by atoms with van der Waals surface area (Å²) >= 11 is 6.12.